The van der Waals surface area contributed by atoms with Crippen LogP contribution >= 0.6 is 0 Å². The summed E-state index contributed by atoms with van der Waals surface area (Å²) in [6.07, 6.45) is 5.43. The van der Waals surface area contributed by atoms with Crippen LogP contribution in [0.25, 0.3) is 0 Å². The van der Waals surface area contributed by atoms with Crippen molar-refractivity contribution in [2.45, 2.75) is 46.0 Å². The Morgan fingerprint density at radius 1 is 1.33 bits per heavy atom. The van der Waals surface area contributed by atoms with Gasteiger partial charge in [0.15, 0.2) is 0 Å². The molecule has 2 bridgehead atoms. The summed E-state index contributed by atoms with van der Waals surface area (Å²) in [5.41, 5.74) is 1.70. The monoisotopic (exact) mass is 204 g/mol. The Kier molecular flexibility index (Phi) is 1.64. The van der Waals surface area contributed by atoms with E-state index in [1.165, 1.54) is 12.0 Å². The van der Waals surface area contributed by atoms with Crippen molar-refractivity contribution in [1.29, 1.82) is 0 Å². The van der Waals surface area contributed by atoms with E-state index < -0.39 is 0 Å². The van der Waals surface area contributed by atoms with Crippen LogP contribution in [0.4, 0.5) is 0 Å². The Hall–Kier alpha value is -0.590. The van der Waals surface area contributed by atoms with Crippen molar-refractivity contribution in [2.75, 3.05) is 0 Å². The largest absolute Gasteiger partial charge is 0.299 e. The highest BCUT2D eigenvalue weighted by atomic mass is 16.1. The van der Waals surface area contributed by atoms with Gasteiger partial charge >= 0.3 is 0 Å². The highest BCUT2D eigenvalue weighted by Crippen LogP contribution is 2.66. The van der Waals surface area contributed by atoms with Crippen LogP contribution in [-0.4, -0.2) is 5.78 Å². The summed E-state index contributed by atoms with van der Waals surface area (Å²) in [7, 11) is 0. The van der Waals surface area contributed by atoms with Gasteiger partial charge in [-0.15, -0.1) is 0 Å². The lowest BCUT2D eigenvalue weighted by molar-refractivity contribution is -0.127. The second-order valence-corrected chi connectivity index (χ2v) is 6.36. The molecule has 0 aromatic rings. The smallest absolute Gasteiger partial charge is 0.139 e. The van der Waals surface area contributed by atoms with Crippen molar-refractivity contribution >= 4 is 5.78 Å². The molecule has 3 aliphatic carbocycles. The van der Waals surface area contributed by atoms with E-state index in [2.05, 4.69) is 20.4 Å². The fraction of sp³-hybridized carbons (Fsp3) is 0.786. The lowest BCUT2D eigenvalue weighted by Gasteiger charge is -2.46. The molecule has 0 aromatic heterocycles. The maximum Gasteiger partial charge on any atom is 0.139 e. The average molecular weight is 204 g/mol. The van der Waals surface area contributed by atoms with Crippen molar-refractivity contribution in [1.82, 2.24) is 0 Å². The molecule has 3 rings (SSSR count). The van der Waals surface area contributed by atoms with Crippen molar-refractivity contribution in [2.24, 2.45) is 22.7 Å². The van der Waals surface area contributed by atoms with Crippen molar-refractivity contribution in [3.8, 4) is 0 Å². The Morgan fingerprint density at radius 3 is 2.80 bits per heavy atom. The molecule has 0 unspecified atom stereocenters. The molecule has 15 heavy (non-hydrogen) atoms. The number of ketones is 1. The summed E-state index contributed by atoms with van der Waals surface area (Å²) >= 11 is 0. The van der Waals surface area contributed by atoms with E-state index in [1.807, 2.05) is 0 Å². The van der Waals surface area contributed by atoms with Gasteiger partial charge in [0.2, 0.25) is 0 Å². The van der Waals surface area contributed by atoms with Crippen LogP contribution in [0.15, 0.2) is 12.2 Å². The SMILES string of the molecule is C=C1[C@H]2CCC(=O)[C@@]23CC[C@@H](C3)C1(C)C. The third-order valence-corrected chi connectivity index (χ3v) is 5.70. The fourth-order valence-electron chi connectivity index (χ4n) is 4.48. The molecular formula is C14H20O. The van der Waals surface area contributed by atoms with Crippen molar-refractivity contribution < 1.29 is 4.79 Å². The highest BCUT2D eigenvalue weighted by molar-refractivity contribution is 5.88. The van der Waals surface area contributed by atoms with E-state index in [1.54, 1.807) is 0 Å². The predicted molar refractivity (Wildman–Crippen MR) is 60.4 cm³/mol. The van der Waals surface area contributed by atoms with Crippen molar-refractivity contribution in [3.05, 3.63) is 12.2 Å². The van der Waals surface area contributed by atoms with Gasteiger partial charge in [-0.25, -0.2) is 0 Å². The molecule has 0 radical (unpaired) electrons. The zero-order valence-corrected chi connectivity index (χ0v) is 9.81. The number of Topliss-reactive ketones (excluding diaryl/α,β-unsaturated/α-hetero) is 1. The number of hydrogen-bond acceptors (Lipinski definition) is 1. The van der Waals surface area contributed by atoms with Crippen LogP contribution in [0.1, 0.15) is 46.0 Å². The second-order valence-electron chi connectivity index (χ2n) is 6.36. The minimum atomic E-state index is 0.0528. The van der Waals surface area contributed by atoms with Gasteiger partial charge in [-0.05, 0) is 42.9 Å². The van der Waals surface area contributed by atoms with E-state index >= 15 is 0 Å². The molecule has 82 valence electrons. The molecule has 3 fully saturated rings. The lowest BCUT2D eigenvalue weighted by atomic mass is 9.57. The summed E-state index contributed by atoms with van der Waals surface area (Å²) in [5, 5.41) is 0. The number of hydrogen-bond donors (Lipinski definition) is 0. The molecule has 0 saturated heterocycles. The number of rotatable bonds is 0. The van der Waals surface area contributed by atoms with E-state index in [-0.39, 0.29) is 10.8 Å². The summed E-state index contributed by atoms with van der Waals surface area (Å²) in [5.74, 6) is 1.77. The first kappa shape index (κ1) is 9.62. The first-order valence-corrected chi connectivity index (χ1v) is 6.21. The van der Waals surface area contributed by atoms with Gasteiger partial charge in [0, 0.05) is 11.8 Å². The molecule has 1 nitrogen and oxygen atoms in total. The molecule has 3 saturated carbocycles. The highest BCUT2D eigenvalue weighted by Gasteiger charge is 2.62. The number of carbonyl (C=O) groups excluding carboxylic acids is 1. The number of allylic oxidation sites excluding steroid dienone is 1. The van der Waals surface area contributed by atoms with Gasteiger partial charge in [0.1, 0.15) is 5.78 Å². The normalized spacial score (nSPS) is 47.1. The van der Waals surface area contributed by atoms with E-state index in [0.717, 1.165) is 25.7 Å². The minimum Gasteiger partial charge on any atom is -0.299 e. The van der Waals surface area contributed by atoms with Crippen molar-refractivity contribution in [3.63, 3.8) is 0 Å². The molecule has 1 heteroatoms. The van der Waals surface area contributed by atoms with Gasteiger partial charge in [0.25, 0.3) is 0 Å². The van der Waals surface area contributed by atoms with E-state index in [9.17, 15) is 4.79 Å². The van der Waals surface area contributed by atoms with Crippen LogP contribution in [0, 0.1) is 22.7 Å². The quantitative estimate of drug-likeness (QED) is 0.553. The van der Waals surface area contributed by atoms with Gasteiger partial charge in [0.05, 0.1) is 0 Å². The van der Waals surface area contributed by atoms with Crippen LogP contribution in [-0.2, 0) is 4.79 Å². The van der Waals surface area contributed by atoms with E-state index in [0.29, 0.717) is 17.6 Å². The van der Waals surface area contributed by atoms with Crippen LogP contribution < -0.4 is 0 Å². The van der Waals surface area contributed by atoms with Crippen LogP contribution in [0.3, 0.4) is 0 Å². The first-order valence-electron chi connectivity index (χ1n) is 6.21. The molecule has 3 atom stereocenters. The topological polar surface area (TPSA) is 17.1 Å². The third-order valence-electron chi connectivity index (χ3n) is 5.70. The zero-order chi connectivity index (χ0) is 10.8. The molecule has 0 N–H and O–H groups in total. The Morgan fingerprint density at radius 2 is 2.07 bits per heavy atom. The predicted octanol–water partition coefficient (Wildman–Crippen LogP) is 3.35. The van der Waals surface area contributed by atoms with Crippen LogP contribution in [0.2, 0.25) is 0 Å². The lowest BCUT2D eigenvalue weighted by Crippen LogP contribution is -2.41. The summed E-state index contributed by atoms with van der Waals surface area (Å²) in [4.78, 5) is 12.1. The number of carbonyl (C=O) groups is 1. The number of fused-ring (bicyclic) bond motifs is 1. The summed E-state index contributed by atoms with van der Waals surface area (Å²) in [6.45, 7) is 8.99. The third kappa shape index (κ3) is 0.926. The molecule has 0 aliphatic heterocycles. The molecule has 0 heterocycles. The molecule has 0 aromatic carbocycles. The molecular weight excluding hydrogens is 184 g/mol. The average Bonchev–Trinajstić information content (AvgIpc) is 2.72. The van der Waals surface area contributed by atoms with Gasteiger partial charge in [-0.2, -0.15) is 0 Å². The van der Waals surface area contributed by atoms with Gasteiger partial charge < -0.3 is 0 Å². The first-order chi connectivity index (χ1) is 6.98. The Balaban J connectivity index is 2.10. The molecule has 3 aliphatic rings. The zero-order valence-electron chi connectivity index (χ0n) is 9.81. The standard InChI is InChI=1S/C14H20O/c1-9-11-4-5-12(15)14(11)7-6-10(8-14)13(9,2)3/h10-11H,1,4-8H2,2-3H3/t10-,11+,14+/m0/s1. The Bertz CT molecular complexity index is 352. The summed E-state index contributed by atoms with van der Waals surface area (Å²) in [6, 6.07) is 0. The fourth-order valence-corrected chi connectivity index (χ4v) is 4.48. The second kappa shape index (κ2) is 2.56. The van der Waals surface area contributed by atoms with Gasteiger partial charge in [-0.3, -0.25) is 4.79 Å². The van der Waals surface area contributed by atoms with Gasteiger partial charge in [-0.1, -0.05) is 26.0 Å². The maximum atomic E-state index is 12.1. The molecule has 0 amide bonds. The minimum absolute atomic E-state index is 0.0528. The molecule has 1 spiro atoms. The van der Waals surface area contributed by atoms with Crippen LogP contribution in [0.5, 0.6) is 0 Å². The summed E-state index contributed by atoms with van der Waals surface area (Å²) < 4.78 is 0. The van der Waals surface area contributed by atoms with E-state index in [4.69, 9.17) is 0 Å². The Labute approximate surface area is 91.9 Å². The maximum absolute atomic E-state index is 12.1.